The van der Waals surface area contributed by atoms with Crippen LogP contribution in [0.1, 0.15) is 51.6 Å². The van der Waals surface area contributed by atoms with E-state index in [9.17, 15) is 31.1 Å². The van der Waals surface area contributed by atoms with Crippen LogP contribution in [-0.4, -0.2) is 28.4 Å². The standard InChI is InChI=1S/C32H32F6N4O3/c1-19-13-23(17-30(2,3)16-19)42-27-12-11-25(44-18-28(43)39-22-6-4-5-20(14-22)31(33,34)35)15-26(27)41-29(42)40-21-7-9-24(10-8-21)45-32(36,37)38/h4-12,14-15,19,23H,13,16-18H2,1-3H3,(H,39,43)(H,40,41). The number of aromatic nitrogens is 2. The van der Waals surface area contributed by atoms with Crippen molar-refractivity contribution in [3.63, 3.8) is 0 Å². The van der Waals surface area contributed by atoms with Gasteiger partial charge in [-0.05, 0) is 85.2 Å². The monoisotopic (exact) mass is 634 g/mol. The fraction of sp³-hybridized carbons (Fsp3) is 0.375. The van der Waals surface area contributed by atoms with E-state index in [2.05, 4.69) is 40.7 Å². The lowest BCUT2D eigenvalue weighted by atomic mass is 9.70. The van der Waals surface area contributed by atoms with Gasteiger partial charge in [0.25, 0.3) is 5.91 Å². The molecule has 1 heterocycles. The zero-order valence-electron chi connectivity index (χ0n) is 24.7. The van der Waals surface area contributed by atoms with Gasteiger partial charge in [-0.25, -0.2) is 4.98 Å². The average molecular weight is 635 g/mol. The third kappa shape index (κ3) is 8.20. The third-order valence-corrected chi connectivity index (χ3v) is 7.58. The predicted octanol–water partition coefficient (Wildman–Crippen LogP) is 9.10. The fourth-order valence-electron chi connectivity index (χ4n) is 6.11. The molecule has 2 atom stereocenters. The van der Waals surface area contributed by atoms with Gasteiger partial charge in [-0.1, -0.05) is 26.8 Å². The molecule has 1 aliphatic carbocycles. The van der Waals surface area contributed by atoms with Crippen LogP contribution in [0.3, 0.4) is 0 Å². The predicted molar refractivity (Wildman–Crippen MR) is 158 cm³/mol. The number of nitrogens with one attached hydrogen (secondary N) is 2. The number of carbonyl (C=O) groups excluding carboxylic acids is 1. The van der Waals surface area contributed by atoms with Crippen molar-refractivity contribution in [1.82, 2.24) is 9.55 Å². The Morgan fingerprint density at radius 3 is 2.33 bits per heavy atom. The number of amides is 1. The number of imidazole rings is 1. The molecule has 0 bridgehead atoms. The van der Waals surface area contributed by atoms with Crippen molar-refractivity contribution >= 4 is 34.3 Å². The van der Waals surface area contributed by atoms with E-state index in [1.807, 2.05) is 6.07 Å². The molecule has 5 rings (SSSR count). The molecule has 1 saturated carbocycles. The lowest BCUT2D eigenvalue weighted by Crippen LogP contribution is -2.29. The number of halogens is 6. The number of anilines is 3. The summed E-state index contributed by atoms with van der Waals surface area (Å²) in [6.45, 7) is 6.19. The molecule has 0 aliphatic heterocycles. The molecule has 0 saturated heterocycles. The van der Waals surface area contributed by atoms with Crippen molar-refractivity contribution < 1.29 is 40.6 Å². The van der Waals surface area contributed by atoms with Gasteiger partial charge in [0.2, 0.25) is 5.95 Å². The number of rotatable bonds is 8. The minimum Gasteiger partial charge on any atom is -0.484 e. The van der Waals surface area contributed by atoms with Crippen molar-refractivity contribution in [1.29, 1.82) is 0 Å². The number of nitrogens with zero attached hydrogens (tertiary/aromatic N) is 2. The molecule has 3 aromatic carbocycles. The first-order valence-corrected chi connectivity index (χ1v) is 14.3. The molecule has 0 spiro atoms. The van der Waals surface area contributed by atoms with Gasteiger partial charge in [0, 0.05) is 23.5 Å². The maximum atomic E-state index is 13.0. The van der Waals surface area contributed by atoms with Crippen LogP contribution < -0.4 is 20.1 Å². The number of hydrogen-bond donors (Lipinski definition) is 2. The number of carbonyl (C=O) groups is 1. The number of benzene rings is 3. The normalized spacial score (nSPS) is 18.4. The van der Waals surface area contributed by atoms with Gasteiger partial charge in [-0.3, -0.25) is 4.79 Å². The topological polar surface area (TPSA) is 77.4 Å². The molecule has 1 amide bonds. The molecule has 0 radical (unpaired) electrons. The molecule has 2 N–H and O–H groups in total. The Bertz CT molecular complexity index is 1660. The first-order valence-electron chi connectivity index (χ1n) is 14.3. The minimum atomic E-state index is -4.80. The highest BCUT2D eigenvalue weighted by Gasteiger charge is 2.35. The Balaban J connectivity index is 1.37. The highest BCUT2D eigenvalue weighted by molar-refractivity contribution is 5.92. The SMILES string of the molecule is CC1CC(n2c(Nc3ccc(OC(F)(F)F)cc3)nc3cc(OCC(=O)Nc4cccc(C(F)(F)F)c4)ccc32)CC(C)(C)C1. The lowest BCUT2D eigenvalue weighted by molar-refractivity contribution is -0.274. The van der Waals surface area contributed by atoms with Gasteiger partial charge in [0.1, 0.15) is 11.5 Å². The minimum absolute atomic E-state index is 0.00836. The van der Waals surface area contributed by atoms with E-state index < -0.39 is 30.6 Å². The van der Waals surface area contributed by atoms with Crippen molar-refractivity contribution in [3.8, 4) is 11.5 Å². The summed E-state index contributed by atoms with van der Waals surface area (Å²) in [6, 6.07) is 14.9. The smallest absolute Gasteiger partial charge is 0.484 e. The molecule has 1 aromatic heterocycles. The quantitative estimate of drug-likeness (QED) is 0.189. The van der Waals surface area contributed by atoms with Crippen molar-refractivity contribution in [2.75, 3.05) is 17.2 Å². The Hall–Kier alpha value is -4.42. The Labute approximate surface area is 255 Å². The van der Waals surface area contributed by atoms with E-state index in [1.54, 1.807) is 12.1 Å². The second kappa shape index (κ2) is 12.2. The number of fused-ring (bicyclic) bond motifs is 1. The van der Waals surface area contributed by atoms with E-state index >= 15 is 0 Å². The summed E-state index contributed by atoms with van der Waals surface area (Å²) in [4.78, 5) is 17.2. The van der Waals surface area contributed by atoms with Crippen molar-refractivity contribution in [2.45, 2.75) is 58.6 Å². The van der Waals surface area contributed by atoms with Gasteiger partial charge in [0.05, 0.1) is 16.6 Å². The molecule has 2 unspecified atom stereocenters. The summed E-state index contributed by atoms with van der Waals surface area (Å²) < 4.78 is 88.6. The summed E-state index contributed by atoms with van der Waals surface area (Å²) in [6.07, 6.45) is -6.49. The zero-order valence-corrected chi connectivity index (χ0v) is 24.7. The summed E-state index contributed by atoms with van der Waals surface area (Å²) >= 11 is 0. The van der Waals surface area contributed by atoms with Gasteiger partial charge in [0.15, 0.2) is 6.61 Å². The number of alkyl halides is 6. The van der Waals surface area contributed by atoms with Crippen LogP contribution in [0, 0.1) is 11.3 Å². The Kier molecular flexibility index (Phi) is 8.65. The fourth-order valence-corrected chi connectivity index (χ4v) is 6.11. The van der Waals surface area contributed by atoms with Gasteiger partial charge in [-0.2, -0.15) is 13.2 Å². The molecule has 4 aromatic rings. The van der Waals surface area contributed by atoms with E-state index in [1.165, 1.54) is 36.4 Å². The molecule has 13 heteroatoms. The summed E-state index contributed by atoms with van der Waals surface area (Å²) in [5.74, 6) is 0.274. The number of hydrogen-bond acceptors (Lipinski definition) is 5. The van der Waals surface area contributed by atoms with Crippen LogP contribution in [0.5, 0.6) is 11.5 Å². The second-order valence-electron chi connectivity index (χ2n) is 12.1. The van der Waals surface area contributed by atoms with Crippen LogP contribution in [0.2, 0.25) is 0 Å². The van der Waals surface area contributed by atoms with E-state index in [4.69, 9.17) is 9.72 Å². The zero-order chi connectivity index (χ0) is 32.6. The van der Waals surface area contributed by atoms with E-state index in [-0.39, 0.29) is 22.9 Å². The highest BCUT2D eigenvalue weighted by Crippen LogP contribution is 2.46. The second-order valence-corrected chi connectivity index (χ2v) is 12.1. The molecule has 1 fully saturated rings. The molecule has 1 aliphatic rings. The van der Waals surface area contributed by atoms with Gasteiger partial charge < -0.3 is 24.7 Å². The van der Waals surface area contributed by atoms with Crippen LogP contribution in [0.4, 0.5) is 43.7 Å². The third-order valence-electron chi connectivity index (χ3n) is 7.58. The van der Waals surface area contributed by atoms with Crippen LogP contribution >= 0.6 is 0 Å². The van der Waals surface area contributed by atoms with E-state index in [0.29, 0.717) is 28.8 Å². The first-order chi connectivity index (χ1) is 21.0. The lowest BCUT2D eigenvalue weighted by Gasteiger charge is -2.40. The maximum absolute atomic E-state index is 13.0. The molecular formula is C32H32F6N4O3. The summed E-state index contributed by atoms with van der Waals surface area (Å²) in [5, 5.41) is 5.64. The Morgan fingerprint density at radius 1 is 0.956 bits per heavy atom. The van der Waals surface area contributed by atoms with Crippen molar-refractivity contribution in [3.05, 3.63) is 72.3 Å². The van der Waals surface area contributed by atoms with Gasteiger partial charge >= 0.3 is 12.5 Å². The van der Waals surface area contributed by atoms with Crippen LogP contribution in [0.15, 0.2) is 66.7 Å². The van der Waals surface area contributed by atoms with Crippen molar-refractivity contribution in [2.24, 2.45) is 11.3 Å². The highest BCUT2D eigenvalue weighted by atomic mass is 19.4. The summed E-state index contributed by atoms with van der Waals surface area (Å²) in [7, 11) is 0. The largest absolute Gasteiger partial charge is 0.573 e. The number of ether oxygens (including phenoxy) is 2. The molecular weight excluding hydrogens is 602 g/mol. The van der Waals surface area contributed by atoms with Crippen LogP contribution in [-0.2, 0) is 11.0 Å². The van der Waals surface area contributed by atoms with Crippen LogP contribution in [0.25, 0.3) is 11.0 Å². The van der Waals surface area contributed by atoms with Gasteiger partial charge in [-0.15, -0.1) is 13.2 Å². The van der Waals surface area contributed by atoms with E-state index in [0.717, 1.165) is 36.9 Å². The first kappa shape index (κ1) is 32.0. The molecule has 7 nitrogen and oxygen atoms in total. The molecule has 240 valence electrons. The average Bonchev–Trinajstić information content (AvgIpc) is 3.28. The Morgan fingerprint density at radius 2 is 1.67 bits per heavy atom. The molecule has 45 heavy (non-hydrogen) atoms. The maximum Gasteiger partial charge on any atom is 0.573 e. The summed E-state index contributed by atoms with van der Waals surface area (Å²) in [5.41, 5.74) is 1.04.